The highest BCUT2D eigenvalue weighted by Gasteiger charge is 2.23. The lowest BCUT2D eigenvalue weighted by molar-refractivity contribution is 0.0965. The van der Waals surface area contributed by atoms with Crippen molar-refractivity contribution < 1.29 is 4.79 Å². The standard InChI is InChI=1S/C16H23NOS/c1-16(2)9-11-17(12-13-19-16)10-8-15(18)14-6-4-3-5-7-14/h3-7H,8-13H2,1-2H3. The number of benzene rings is 1. The van der Waals surface area contributed by atoms with Gasteiger partial charge in [-0.25, -0.2) is 0 Å². The van der Waals surface area contributed by atoms with E-state index in [0.717, 1.165) is 25.2 Å². The van der Waals surface area contributed by atoms with E-state index < -0.39 is 0 Å². The Balaban J connectivity index is 1.81. The minimum absolute atomic E-state index is 0.261. The molecule has 0 saturated carbocycles. The number of rotatable bonds is 4. The molecular formula is C16H23NOS. The van der Waals surface area contributed by atoms with E-state index in [4.69, 9.17) is 0 Å². The van der Waals surface area contributed by atoms with Crippen LogP contribution in [0.3, 0.4) is 0 Å². The van der Waals surface area contributed by atoms with Crippen LogP contribution in [0.2, 0.25) is 0 Å². The van der Waals surface area contributed by atoms with Crippen LogP contribution >= 0.6 is 11.8 Å². The van der Waals surface area contributed by atoms with Crippen molar-refractivity contribution in [1.82, 2.24) is 4.90 Å². The summed E-state index contributed by atoms with van der Waals surface area (Å²) in [5, 5.41) is 0. The normalized spacial score (nSPS) is 19.9. The van der Waals surface area contributed by atoms with Gasteiger partial charge in [0.2, 0.25) is 0 Å². The molecule has 0 aliphatic carbocycles. The average Bonchev–Trinajstić information content (AvgIpc) is 2.58. The Morgan fingerprint density at radius 1 is 1.26 bits per heavy atom. The summed E-state index contributed by atoms with van der Waals surface area (Å²) in [5.41, 5.74) is 0.840. The van der Waals surface area contributed by atoms with Gasteiger partial charge in [0.05, 0.1) is 0 Å². The van der Waals surface area contributed by atoms with Crippen LogP contribution in [0.25, 0.3) is 0 Å². The van der Waals surface area contributed by atoms with Gasteiger partial charge in [-0.3, -0.25) is 4.79 Å². The fourth-order valence-corrected chi connectivity index (χ4v) is 3.45. The van der Waals surface area contributed by atoms with Crippen molar-refractivity contribution in [3.05, 3.63) is 35.9 Å². The summed E-state index contributed by atoms with van der Waals surface area (Å²) in [6.07, 6.45) is 1.84. The highest BCUT2D eigenvalue weighted by molar-refractivity contribution is 8.00. The molecule has 1 heterocycles. The zero-order valence-electron chi connectivity index (χ0n) is 11.9. The van der Waals surface area contributed by atoms with E-state index in [-0.39, 0.29) is 5.78 Å². The molecule has 1 aliphatic heterocycles. The summed E-state index contributed by atoms with van der Waals surface area (Å²) in [7, 11) is 0. The van der Waals surface area contributed by atoms with Gasteiger partial charge in [0.25, 0.3) is 0 Å². The van der Waals surface area contributed by atoms with Gasteiger partial charge in [-0.15, -0.1) is 0 Å². The lowest BCUT2D eigenvalue weighted by Gasteiger charge is -2.22. The molecular weight excluding hydrogens is 254 g/mol. The molecule has 0 aromatic heterocycles. The summed E-state index contributed by atoms with van der Waals surface area (Å²) in [4.78, 5) is 14.5. The van der Waals surface area contributed by atoms with Gasteiger partial charge in [0.15, 0.2) is 5.78 Å². The van der Waals surface area contributed by atoms with Crippen LogP contribution in [-0.2, 0) is 0 Å². The molecule has 0 atom stereocenters. The molecule has 2 nitrogen and oxygen atoms in total. The number of Topliss-reactive ketones (excluding diaryl/α,β-unsaturated/α-hetero) is 1. The van der Waals surface area contributed by atoms with Gasteiger partial charge in [0.1, 0.15) is 0 Å². The number of carbonyl (C=O) groups excluding carboxylic acids is 1. The first kappa shape index (κ1) is 14.6. The maximum Gasteiger partial charge on any atom is 0.164 e. The van der Waals surface area contributed by atoms with Gasteiger partial charge < -0.3 is 4.90 Å². The van der Waals surface area contributed by atoms with Crippen LogP contribution in [0.1, 0.15) is 37.0 Å². The number of ketones is 1. The third-order valence-corrected chi connectivity index (χ3v) is 5.05. The third kappa shape index (κ3) is 4.66. The van der Waals surface area contributed by atoms with Crippen molar-refractivity contribution in [1.29, 1.82) is 0 Å². The summed E-state index contributed by atoms with van der Waals surface area (Å²) in [6, 6.07) is 9.62. The Bertz CT molecular complexity index is 416. The van der Waals surface area contributed by atoms with Crippen molar-refractivity contribution >= 4 is 17.5 Å². The summed E-state index contributed by atoms with van der Waals surface area (Å²) in [6.45, 7) is 7.75. The maximum atomic E-state index is 12.1. The average molecular weight is 277 g/mol. The zero-order chi connectivity index (χ0) is 13.7. The molecule has 1 aromatic carbocycles. The molecule has 1 saturated heterocycles. The van der Waals surface area contributed by atoms with E-state index in [1.807, 2.05) is 42.1 Å². The Kier molecular flexibility index (Phi) is 5.06. The van der Waals surface area contributed by atoms with Gasteiger partial charge in [-0.1, -0.05) is 44.2 Å². The second-order valence-corrected chi connectivity index (χ2v) is 7.54. The maximum absolute atomic E-state index is 12.1. The minimum Gasteiger partial charge on any atom is -0.302 e. The highest BCUT2D eigenvalue weighted by Crippen LogP contribution is 2.30. The highest BCUT2D eigenvalue weighted by atomic mass is 32.2. The van der Waals surface area contributed by atoms with Crippen LogP contribution in [0.15, 0.2) is 30.3 Å². The molecule has 19 heavy (non-hydrogen) atoms. The van der Waals surface area contributed by atoms with E-state index in [1.54, 1.807) is 0 Å². The van der Waals surface area contributed by atoms with Crippen LogP contribution in [0.5, 0.6) is 0 Å². The van der Waals surface area contributed by atoms with E-state index in [0.29, 0.717) is 11.2 Å². The first-order chi connectivity index (χ1) is 9.07. The van der Waals surface area contributed by atoms with Gasteiger partial charge in [0, 0.05) is 35.6 Å². The van der Waals surface area contributed by atoms with Crippen LogP contribution in [-0.4, -0.2) is 40.8 Å². The predicted octanol–water partition coefficient (Wildman–Crippen LogP) is 3.48. The molecule has 0 unspecified atom stereocenters. The van der Waals surface area contributed by atoms with Crippen LogP contribution in [0, 0.1) is 0 Å². The molecule has 0 bridgehead atoms. The Morgan fingerprint density at radius 3 is 2.74 bits per heavy atom. The molecule has 1 aromatic rings. The first-order valence-corrected chi connectivity index (χ1v) is 8.00. The molecule has 3 heteroatoms. The second-order valence-electron chi connectivity index (χ2n) is 5.74. The molecule has 1 aliphatic rings. The van der Waals surface area contributed by atoms with Crippen molar-refractivity contribution in [3.63, 3.8) is 0 Å². The lowest BCUT2D eigenvalue weighted by Crippen LogP contribution is -2.29. The largest absolute Gasteiger partial charge is 0.302 e. The SMILES string of the molecule is CC1(C)CCN(CCC(=O)c2ccccc2)CCS1. The number of carbonyl (C=O) groups is 1. The number of thioether (sulfide) groups is 1. The van der Waals surface area contributed by atoms with E-state index in [1.165, 1.54) is 12.2 Å². The fraction of sp³-hybridized carbons (Fsp3) is 0.562. The quantitative estimate of drug-likeness (QED) is 0.786. The van der Waals surface area contributed by atoms with E-state index in [9.17, 15) is 4.79 Å². The smallest absolute Gasteiger partial charge is 0.164 e. The van der Waals surface area contributed by atoms with E-state index in [2.05, 4.69) is 18.7 Å². The molecule has 0 amide bonds. The van der Waals surface area contributed by atoms with Gasteiger partial charge in [-0.2, -0.15) is 11.8 Å². The third-order valence-electron chi connectivity index (χ3n) is 3.68. The first-order valence-electron chi connectivity index (χ1n) is 7.01. The van der Waals surface area contributed by atoms with Gasteiger partial charge in [-0.05, 0) is 13.0 Å². The van der Waals surface area contributed by atoms with E-state index >= 15 is 0 Å². The summed E-state index contributed by atoms with van der Waals surface area (Å²) >= 11 is 2.05. The van der Waals surface area contributed by atoms with Gasteiger partial charge >= 0.3 is 0 Å². The summed E-state index contributed by atoms with van der Waals surface area (Å²) < 4.78 is 0.387. The van der Waals surface area contributed by atoms with Crippen molar-refractivity contribution in [3.8, 4) is 0 Å². The Hall–Kier alpha value is -0.800. The predicted molar refractivity (Wildman–Crippen MR) is 83.0 cm³/mol. The Morgan fingerprint density at radius 2 is 2.00 bits per heavy atom. The molecule has 0 radical (unpaired) electrons. The molecule has 2 rings (SSSR count). The molecule has 1 fully saturated rings. The Labute approximate surface area is 120 Å². The van der Waals surface area contributed by atoms with Crippen molar-refractivity contribution in [2.75, 3.05) is 25.4 Å². The topological polar surface area (TPSA) is 20.3 Å². The fourth-order valence-electron chi connectivity index (χ4n) is 2.31. The zero-order valence-corrected chi connectivity index (χ0v) is 12.7. The molecule has 0 N–H and O–H groups in total. The number of nitrogens with zero attached hydrogens (tertiary/aromatic N) is 1. The van der Waals surface area contributed by atoms with Crippen molar-refractivity contribution in [2.24, 2.45) is 0 Å². The monoisotopic (exact) mass is 277 g/mol. The summed E-state index contributed by atoms with van der Waals surface area (Å²) in [5.74, 6) is 1.43. The number of hydrogen-bond donors (Lipinski definition) is 0. The van der Waals surface area contributed by atoms with Crippen LogP contribution in [0.4, 0.5) is 0 Å². The molecule has 0 spiro atoms. The second kappa shape index (κ2) is 6.58. The molecule has 104 valence electrons. The number of hydrogen-bond acceptors (Lipinski definition) is 3. The van der Waals surface area contributed by atoms with Crippen LogP contribution < -0.4 is 0 Å². The lowest BCUT2D eigenvalue weighted by atomic mass is 10.1. The minimum atomic E-state index is 0.261. The van der Waals surface area contributed by atoms with Crippen molar-refractivity contribution in [2.45, 2.75) is 31.4 Å².